The fourth-order valence-electron chi connectivity index (χ4n) is 3.54. The van der Waals surface area contributed by atoms with Gasteiger partial charge in [0, 0.05) is 26.2 Å². The Balaban J connectivity index is 2.15. The van der Waals surface area contributed by atoms with Crippen LogP contribution < -0.4 is 4.90 Å². The van der Waals surface area contributed by atoms with Gasteiger partial charge in [-0.05, 0) is 30.7 Å². The number of benzene rings is 2. The number of hydrogen-bond donors (Lipinski definition) is 0. The second kappa shape index (κ2) is 9.65. The number of nitrogens with zero attached hydrogens (tertiary/aromatic N) is 4. The molecule has 3 rings (SSSR count). The molecular weight excluding hydrogens is 441 g/mol. The lowest BCUT2D eigenvalue weighted by Crippen LogP contribution is -2.33. The van der Waals surface area contributed by atoms with Crippen molar-refractivity contribution >= 4 is 23.3 Å². The highest BCUT2D eigenvalue weighted by Gasteiger charge is 2.40. The molecule has 0 bridgehead atoms. The standard InChI is InChI=1S/C23H24ClF3N4O/c1-4-14-30(22(32)17-12-8-9-13-19(17)24)15-18-20(23(25,26)27)28-31(21(18)29(2)3)16-10-6-5-7-11-16/h5-13H,4,14-15H2,1-3H3. The molecule has 1 aromatic heterocycles. The number of para-hydroxylation sites is 1. The molecule has 9 heteroatoms. The van der Waals surface area contributed by atoms with Gasteiger partial charge in [-0.2, -0.15) is 18.3 Å². The van der Waals surface area contributed by atoms with E-state index in [0.717, 1.165) is 0 Å². The first-order chi connectivity index (χ1) is 15.1. The molecule has 0 N–H and O–H groups in total. The molecule has 0 radical (unpaired) electrons. The maximum Gasteiger partial charge on any atom is 0.435 e. The van der Waals surface area contributed by atoms with E-state index in [1.54, 1.807) is 73.6 Å². The molecule has 0 unspecified atom stereocenters. The molecule has 0 atom stereocenters. The highest BCUT2D eigenvalue weighted by molar-refractivity contribution is 6.33. The van der Waals surface area contributed by atoms with Gasteiger partial charge < -0.3 is 9.80 Å². The Morgan fingerprint density at radius 2 is 1.69 bits per heavy atom. The Morgan fingerprint density at radius 1 is 1.06 bits per heavy atom. The van der Waals surface area contributed by atoms with Gasteiger partial charge in [0.2, 0.25) is 0 Å². The summed E-state index contributed by atoms with van der Waals surface area (Å²) in [4.78, 5) is 16.2. The summed E-state index contributed by atoms with van der Waals surface area (Å²) in [6, 6.07) is 15.1. The molecule has 2 aromatic carbocycles. The number of alkyl halides is 3. The van der Waals surface area contributed by atoms with Crippen molar-refractivity contribution in [3.8, 4) is 5.69 Å². The summed E-state index contributed by atoms with van der Waals surface area (Å²) in [5.41, 5.74) is -0.344. The third kappa shape index (κ3) is 4.91. The van der Waals surface area contributed by atoms with Gasteiger partial charge in [0.1, 0.15) is 5.82 Å². The number of aromatic nitrogens is 2. The van der Waals surface area contributed by atoms with Crippen LogP contribution in [0, 0.1) is 0 Å². The van der Waals surface area contributed by atoms with E-state index < -0.39 is 17.8 Å². The zero-order chi connectivity index (χ0) is 23.5. The SMILES string of the molecule is CCCN(Cc1c(C(F)(F)F)nn(-c2ccccc2)c1N(C)C)C(=O)c1ccccc1Cl. The average molecular weight is 465 g/mol. The summed E-state index contributed by atoms with van der Waals surface area (Å²) in [5.74, 6) is -0.167. The van der Waals surface area contributed by atoms with E-state index in [2.05, 4.69) is 5.10 Å². The molecule has 3 aromatic rings. The predicted molar refractivity (Wildman–Crippen MR) is 119 cm³/mol. The fraction of sp³-hybridized carbons (Fsp3) is 0.304. The molecule has 0 fully saturated rings. The fourth-order valence-corrected chi connectivity index (χ4v) is 3.76. The first-order valence-electron chi connectivity index (χ1n) is 10.1. The van der Waals surface area contributed by atoms with Crippen LogP contribution >= 0.6 is 11.6 Å². The van der Waals surface area contributed by atoms with E-state index in [1.807, 2.05) is 6.92 Å². The molecule has 32 heavy (non-hydrogen) atoms. The van der Waals surface area contributed by atoms with E-state index >= 15 is 0 Å². The number of hydrogen-bond acceptors (Lipinski definition) is 3. The van der Waals surface area contributed by atoms with E-state index in [1.165, 1.54) is 9.58 Å². The summed E-state index contributed by atoms with van der Waals surface area (Å²) < 4.78 is 43.3. The molecule has 1 heterocycles. The molecule has 0 saturated carbocycles. The first kappa shape index (κ1) is 23.7. The summed E-state index contributed by atoms with van der Waals surface area (Å²) in [6.07, 6.45) is -4.12. The Labute approximate surface area is 190 Å². The first-order valence-corrected chi connectivity index (χ1v) is 10.5. The van der Waals surface area contributed by atoms with Crippen molar-refractivity contribution in [1.29, 1.82) is 0 Å². The van der Waals surface area contributed by atoms with Crippen LogP contribution in [-0.4, -0.2) is 41.2 Å². The summed E-state index contributed by atoms with van der Waals surface area (Å²) >= 11 is 6.18. The molecule has 1 amide bonds. The van der Waals surface area contributed by atoms with E-state index in [-0.39, 0.29) is 35.1 Å². The molecule has 0 aliphatic rings. The van der Waals surface area contributed by atoms with Gasteiger partial charge in [-0.25, -0.2) is 4.68 Å². The van der Waals surface area contributed by atoms with Gasteiger partial charge in [0.15, 0.2) is 5.69 Å². The molecular formula is C23H24ClF3N4O. The van der Waals surface area contributed by atoms with Crippen LogP contribution in [0.2, 0.25) is 5.02 Å². The van der Waals surface area contributed by atoms with Crippen molar-refractivity contribution in [3.05, 3.63) is 76.4 Å². The number of anilines is 1. The lowest BCUT2D eigenvalue weighted by atomic mass is 10.1. The quantitative estimate of drug-likeness (QED) is 0.453. The van der Waals surface area contributed by atoms with Crippen LogP contribution in [0.15, 0.2) is 54.6 Å². The van der Waals surface area contributed by atoms with Crippen molar-refractivity contribution in [2.24, 2.45) is 0 Å². The minimum absolute atomic E-state index is 0.0693. The predicted octanol–water partition coefficient (Wildman–Crippen LogP) is 5.66. The van der Waals surface area contributed by atoms with Crippen molar-refractivity contribution in [3.63, 3.8) is 0 Å². The number of carbonyl (C=O) groups excluding carboxylic acids is 1. The number of carbonyl (C=O) groups is 1. The summed E-state index contributed by atoms with van der Waals surface area (Å²) in [6.45, 7) is 1.87. The second-order valence-corrected chi connectivity index (χ2v) is 7.90. The van der Waals surface area contributed by atoms with E-state index in [4.69, 9.17) is 11.6 Å². The maximum absolute atomic E-state index is 14.0. The number of amides is 1. The van der Waals surface area contributed by atoms with Crippen molar-refractivity contribution in [2.45, 2.75) is 26.1 Å². The zero-order valence-electron chi connectivity index (χ0n) is 18.0. The third-order valence-electron chi connectivity index (χ3n) is 4.88. The number of halogens is 4. The van der Waals surface area contributed by atoms with Crippen LogP contribution in [0.1, 0.15) is 35.0 Å². The van der Waals surface area contributed by atoms with Crippen molar-refractivity contribution in [1.82, 2.24) is 14.7 Å². The normalized spacial score (nSPS) is 11.5. The lowest BCUT2D eigenvalue weighted by Gasteiger charge is -2.25. The Bertz CT molecular complexity index is 1080. The van der Waals surface area contributed by atoms with Gasteiger partial charge in [0.05, 0.1) is 22.8 Å². The van der Waals surface area contributed by atoms with E-state index in [9.17, 15) is 18.0 Å². The minimum Gasteiger partial charge on any atom is -0.362 e. The van der Waals surface area contributed by atoms with Crippen LogP contribution in [0.25, 0.3) is 5.69 Å². The van der Waals surface area contributed by atoms with Crippen LogP contribution in [-0.2, 0) is 12.7 Å². The largest absolute Gasteiger partial charge is 0.435 e. The van der Waals surface area contributed by atoms with Gasteiger partial charge in [-0.15, -0.1) is 0 Å². The molecule has 5 nitrogen and oxygen atoms in total. The highest BCUT2D eigenvalue weighted by atomic mass is 35.5. The summed E-state index contributed by atoms with van der Waals surface area (Å²) in [7, 11) is 3.31. The van der Waals surface area contributed by atoms with Crippen LogP contribution in [0.4, 0.5) is 19.0 Å². The molecule has 0 spiro atoms. The lowest BCUT2D eigenvalue weighted by molar-refractivity contribution is -0.142. The monoisotopic (exact) mass is 464 g/mol. The summed E-state index contributed by atoms with van der Waals surface area (Å²) in [5, 5.41) is 4.17. The molecule has 0 saturated heterocycles. The van der Waals surface area contributed by atoms with Crippen molar-refractivity contribution in [2.75, 3.05) is 25.5 Å². The van der Waals surface area contributed by atoms with Gasteiger partial charge >= 0.3 is 6.18 Å². The third-order valence-corrected chi connectivity index (χ3v) is 5.21. The smallest absolute Gasteiger partial charge is 0.362 e. The Kier molecular flexibility index (Phi) is 7.13. The Hall–Kier alpha value is -3.00. The molecule has 0 aliphatic carbocycles. The van der Waals surface area contributed by atoms with Crippen molar-refractivity contribution < 1.29 is 18.0 Å². The van der Waals surface area contributed by atoms with Gasteiger partial charge in [-0.3, -0.25) is 4.79 Å². The van der Waals surface area contributed by atoms with E-state index in [0.29, 0.717) is 12.1 Å². The van der Waals surface area contributed by atoms with Crippen LogP contribution in [0.3, 0.4) is 0 Å². The van der Waals surface area contributed by atoms with Gasteiger partial charge in [-0.1, -0.05) is 48.9 Å². The van der Waals surface area contributed by atoms with Gasteiger partial charge in [0.25, 0.3) is 5.91 Å². The highest BCUT2D eigenvalue weighted by Crippen LogP contribution is 2.38. The second-order valence-electron chi connectivity index (χ2n) is 7.50. The topological polar surface area (TPSA) is 41.4 Å². The van der Waals surface area contributed by atoms with Crippen LogP contribution in [0.5, 0.6) is 0 Å². The molecule has 0 aliphatic heterocycles. The Morgan fingerprint density at radius 3 is 2.25 bits per heavy atom. The maximum atomic E-state index is 14.0. The average Bonchev–Trinajstić information content (AvgIpc) is 3.14. The number of rotatable bonds is 7. The molecule has 170 valence electrons. The minimum atomic E-state index is -4.69. The zero-order valence-corrected chi connectivity index (χ0v) is 18.8.